The summed E-state index contributed by atoms with van der Waals surface area (Å²) in [4.78, 5) is -0.0755. The number of hydrogen-bond acceptors (Lipinski definition) is 4. The van der Waals surface area contributed by atoms with Crippen LogP contribution in [0.2, 0.25) is 5.02 Å². The Morgan fingerprint density at radius 1 is 1.20 bits per heavy atom. The van der Waals surface area contributed by atoms with Crippen LogP contribution in [0.3, 0.4) is 0 Å². The molecule has 0 atom stereocenters. The second-order valence-electron chi connectivity index (χ2n) is 4.30. The number of nitrogens with one attached hydrogen (secondary N) is 1. The highest BCUT2D eigenvalue weighted by Crippen LogP contribution is 2.27. The molecule has 0 radical (unpaired) electrons. The van der Waals surface area contributed by atoms with E-state index in [1.54, 1.807) is 19.1 Å². The normalized spacial score (nSPS) is 11.3. The minimum Gasteiger partial charge on any atom is -0.508 e. The van der Waals surface area contributed by atoms with Gasteiger partial charge in [-0.1, -0.05) is 17.7 Å². The molecule has 5 nitrogen and oxygen atoms in total. The van der Waals surface area contributed by atoms with Gasteiger partial charge in [0.25, 0.3) is 10.0 Å². The van der Waals surface area contributed by atoms with E-state index in [1.807, 2.05) is 0 Å². The zero-order valence-corrected chi connectivity index (χ0v) is 12.2. The van der Waals surface area contributed by atoms with Gasteiger partial charge in [-0.05, 0) is 36.8 Å². The third-order valence-corrected chi connectivity index (χ3v) is 4.57. The van der Waals surface area contributed by atoms with Gasteiger partial charge in [0.15, 0.2) is 0 Å². The van der Waals surface area contributed by atoms with Crippen molar-refractivity contribution in [1.82, 2.24) is 0 Å². The van der Waals surface area contributed by atoms with Gasteiger partial charge in [-0.25, -0.2) is 8.42 Å². The Morgan fingerprint density at radius 2 is 1.90 bits per heavy atom. The fourth-order valence-electron chi connectivity index (χ4n) is 1.62. The third kappa shape index (κ3) is 2.97. The topological polar surface area (TPSA) is 92.4 Å². The van der Waals surface area contributed by atoms with Crippen LogP contribution in [0.4, 0.5) is 11.4 Å². The average Bonchev–Trinajstić information content (AvgIpc) is 2.33. The van der Waals surface area contributed by atoms with Gasteiger partial charge in [-0.2, -0.15) is 0 Å². The Kier molecular flexibility index (Phi) is 3.78. The standard InChI is InChI=1S/C13H13ClN2O3S/c1-8-2-4-10(7-12(8)17)16-20(18,19)13-5-3-9(15)6-11(13)14/h2-7,16-17H,15H2,1H3. The molecule has 7 heteroatoms. The van der Waals surface area contributed by atoms with Crippen LogP contribution < -0.4 is 10.5 Å². The number of nitrogens with two attached hydrogens (primary N) is 1. The van der Waals surface area contributed by atoms with Crippen molar-refractivity contribution < 1.29 is 13.5 Å². The van der Waals surface area contributed by atoms with Crippen molar-refractivity contribution in [3.05, 3.63) is 47.0 Å². The number of anilines is 2. The van der Waals surface area contributed by atoms with Crippen molar-refractivity contribution in [2.24, 2.45) is 0 Å². The molecule has 20 heavy (non-hydrogen) atoms. The maximum atomic E-state index is 12.2. The molecule has 0 aliphatic carbocycles. The van der Waals surface area contributed by atoms with Crippen molar-refractivity contribution in [3.63, 3.8) is 0 Å². The van der Waals surface area contributed by atoms with Crippen LogP contribution in [0.25, 0.3) is 0 Å². The molecule has 2 aromatic carbocycles. The van der Waals surface area contributed by atoms with Crippen LogP contribution in [0.5, 0.6) is 5.75 Å². The van der Waals surface area contributed by atoms with Crippen molar-refractivity contribution >= 4 is 33.0 Å². The number of phenols is 1. The van der Waals surface area contributed by atoms with Crippen LogP contribution in [-0.4, -0.2) is 13.5 Å². The van der Waals surface area contributed by atoms with E-state index in [1.165, 1.54) is 24.3 Å². The predicted molar refractivity (Wildman–Crippen MR) is 79.5 cm³/mol. The molecule has 0 aromatic heterocycles. The number of phenolic OH excluding ortho intramolecular Hbond substituents is 1. The second-order valence-corrected chi connectivity index (χ2v) is 6.35. The minimum absolute atomic E-state index is 0.00797. The van der Waals surface area contributed by atoms with Crippen molar-refractivity contribution in [2.45, 2.75) is 11.8 Å². The van der Waals surface area contributed by atoms with E-state index in [4.69, 9.17) is 17.3 Å². The summed E-state index contributed by atoms with van der Waals surface area (Å²) in [7, 11) is -3.84. The Hall–Kier alpha value is -1.92. The first-order valence-electron chi connectivity index (χ1n) is 5.67. The smallest absolute Gasteiger partial charge is 0.263 e. The molecule has 0 saturated carbocycles. The maximum Gasteiger partial charge on any atom is 0.263 e. The largest absolute Gasteiger partial charge is 0.508 e. The Labute approximate surface area is 122 Å². The van der Waals surface area contributed by atoms with E-state index in [-0.39, 0.29) is 21.4 Å². The highest BCUT2D eigenvalue weighted by molar-refractivity contribution is 7.92. The highest BCUT2D eigenvalue weighted by atomic mass is 35.5. The summed E-state index contributed by atoms with van der Waals surface area (Å²) in [6.07, 6.45) is 0. The number of halogens is 1. The van der Waals surface area contributed by atoms with Gasteiger partial charge in [-0.15, -0.1) is 0 Å². The Balaban J connectivity index is 2.38. The first-order valence-corrected chi connectivity index (χ1v) is 7.53. The van der Waals surface area contributed by atoms with E-state index in [0.29, 0.717) is 11.3 Å². The number of aryl methyl sites for hydroxylation is 1. The molecular formula is C13H13ClN2O3S. The lowest BCUT2D eigenvalue weighted by Gasteiger charge is -2.10. The SMILES string of the molecule is Cc1ccc(NS(=O)(=O)c2ccc(N)cc2Cl)cc1O. The van der Waals surface area contributed by atoms with Gasteiger partial charge in [0.05, 0.1) is 10.7 Å². The van der Waals surface area contributed by atoms with Crippen LogP contribution in [0.15, 0.2) is 41.3 Å². The molecule has 0 aliphatic rings. The monoisotopic (exact) mass is 312 g/mol. The van der Waals surface area contributed by atoms with Crippen molar-refractivity contribution in [3.8, 4) is 5.75 Å². The molecule has 0 bridgehead atoms. The number of rotatable bonds is 3. The molecule has 2 rings (SSSR count). The van der Waals surface area contributed by atoms with E-state index in [9.17, 15) is 13.5 Å². The van der Waals surface area contributed by atoms with Crippen LogP contribution in [0.1, 0.15) is 5.56 Å². The van der Waals surface area contributed by atoms with E-state index in [0.717, 1.165) is 0 Å². The average molecular weight is 313 g/mol. The van der Waals surface area contributed by atoms with E-state index in [2.05, 4.69) is 4.72 Å². The molecule has 0 aliphatic heterocycles. The molecule has 106 valence electrons. The molecule has 0 amide bonds. The van der Waals surface area contributed by atoms with Crippen molar-refractivity contribution in [2.75, 3.05) is 10.5 Å². The zero-order valence-electron chi connectivity index (χ0n) is 10.6. The predicted octanol–water partition coefficient (Wildman–Crippen LogP) is 2.74. The van der Waals surface area contributed by atoms with E-state index >= 15 is 0 Å². The quantitative estimate of drug-likeness (QED) is 0.760. The summed E-state index contributed by atoms with van der Waals surface area (Å²) in [5, 5.41) is 9.62. The van der Waals surface area contributed by atoms with E-state index < -0.39 is 10.0 Å². The lowest BCUT2D eigenvalue weighted by Crippen LogP contribution is -2.13. The second kappa shape index (κ2) is 5.22. The van der Waals surface area contributed by atoms with Crippen LogP contribution >= 0.6 is 11.6 Å². The maximum absolute atomic E-state index is 12.2. The van der Waals surface area contributed by atoms with Gasteiger partial charge in [0, 0.05) is 11.8 Å². The van der Waals surface area contributed by atoms with Gasteiger partial charge in [-0.3, -0.25) is 4.72 Å². The number of nitrogen functional groups attached to an aromatic ring is 1. The van der Waals surface area contributed by atoms with Gasteiger partial charge < -0.3 is 10.8 Å². The lowest BCUT2D eigenvalue weighted by atomic mass is 10.2. The fraction of sp³-hybridized carbons (Fsp3) is 0.0769. The summed E-state index contributed by atoms with van der Waals surface area (Å²) in [5.74, 6) is 0.00797. The van der Waals surface area contributed by atoms with Gasteiger partial charge in [0.2, 0.25) is 0 Å². The van der Waals surface area contributed by atoms with Crippen LogP contribution in [-0.2, 0) is 10.0 Å². The molecule has 0 heterocycles. The number of aromatic hydroxyl groups is 1. The summed E-state index contributed by atoms with van der Waals surface area (Å²) < 4.78 is 26.8. The zero-order chi connectivity index (χ0) is 14.9. The summed E-state index contributed by atoms with van der Waals surface area (Å²) in [5.41, 5.74) is 6.81. The first-order chi connectivity index (χ1) is 9.29. The molecule has 2 aromatic rings. The molecule has 0 unspecified atom stereocenters. The molecule has 0 fully saturated rings. The Morgan fingerprint density at radius 3 is 2.50 bits per heavy atom. The fourth-order valence-corrected chi connectivity index (χ4v) is 3.22. The summed E-state index contributed by atoms with van der Waals surface area (Å²) >= 11 is 5.89. The highest BCUT2D eigenvalue weighted by Gasteiger charge is 2.18. The molecule has 4 N–H and O–H groups in total. The molecular weight excluding hydrogens is 300 g/mol. The van der Waals surface area contributed by atoms with Crippen molar-refractivity contribution in [1.29, 1.82) is 0 Å². The third-order valence-electron chi connectivity index (χ3n) is 2.71. The number of sulfonamides is 1. The minimum atomic E-state index is -3.84. The number of benzene rings is 2. The Bertz CT molecular complexity index is 760. The van der Waals surface area contributed by atoms with Crippen LogP contribution in [0, 0.1) is 6.92 Å². The van der Waals surface area contributed by atoms with Gasteiger partial charge >= 0.3 is 0 Å². The molecule has 0 spiro atoms. The molecule has 0 saturated heterocycles. The summed E-state index contributed by atoms with van der Waals surface area (Å²) in [6.45, 7) is 1.71. The van der Waals surface area contributed by atoms with Gasteiger partial charge in [0.1, 0.15) is 10.6 Å². The summed E-state index contributed by atoms with van der Waals surface area (Å²) in [6, 6.07) is 8.64. The lowest BCUT2D eigenvalue weighted by molar-refractivity contribution is 0.471. The number of hydrogen-bond donors (Lipinski definition) is 3. The first kappa shape index (κ1) is 14.5.